The first-order valence-corrected chi connectivity index (χ1v) is 7.20. The number of hydrogen-bond donors (Lipinski definition) is 0. The monoisotopic (exact) mass is 321 g/mol. The van der Waals surface area contributed by atoms with Crippen LogP contribution in [0.2, 0.25) is 0 Å². The fourth-order valence-electron chi connectivity index (χ4n) is 2.85. The van der Waals surface area contributed by atoms with E-state index < -0.39 is 11.9 Å². The van der Waals surface area contributed by atoms with Crippen molar-refractivity contribution in [3.63, 3.8) is 0 Å². The Morgan fingerprint density at radius 2 is 2.17 bits per heavy atom. The molecule has 1 unspecified atom stereocenters. The van der Waals surface area contributed by atoms with Gasteiger partial charge in [-0.3, -0.25) is 0 Å². The normalized spacial score (nSPS) is 18.2. The number of pyridine rings is 1. The first-order valence-electron chi connectivity index (χ1n) is 7.20. The molecule has 23 heavy (non-hydrogen) atoms. The summed E-state index contributed by atoms with van der Waals surface area (Å²) >= 11 is 0. The molecule has 0 saturated carbocycles. The third-order valence-corrected chi connectivity index (χ3v) is 3.92. The number of hydrogen-bond acceptors (Lipinski definition) is 4. The Balaban J connectivity index is 1.94. The Morgan fingerprint density at radius 1 is 1.35 bits per heavy atom. The van der Waals surface area contributed by atoms with Crippen LogP contribution in [0.3, 0.4) is 0 Å². The van der Waals surface area contributed by atoms with Crippen molar-refractivity contribution in [1.29, 1.82) is 5.26 Å². The third-order valence-electron chi connectivity index (χ3n) is 3.92. The molecular weight excluding hydrogens is 307 g/mol. The van der Waals surface area contributed by atoms with Crippen LogP contribution in [0.5, 0.6) is 0 Å². The molecule has 1 saturated heterocycles. The van der Waals surface area contributed by atoms with Crippen LogP contribution in [0.1, 0.15) is 24.1 Å². The second kappa shape index (κ2) is 5.91. The maximum absolute atomic E-state index is 12.9. The van der Waals surface area contributed by atoms with Crippen LogP contribution >= 0.6 is 0 Å². The quantitative estimate of drug-likeness (QED) is 0.872. The summed E-state index contributed by atoms with van der Waals surface area (Å²) in [6.45, 7) is 1.19. The van der Waals surface area contributed by atoms with Crippen LogP contribution in [0, 0.1) is 11.3 Å². The van der Waals surface area contributed by atoms with Gasteiger partial charge in [-0.05, 0) is 25.0 Å². The minimum Gasteiger partial charge on any atom is -0.351 e. The molecule has 1 aliphatic rings. The van der Waals surface area contributed by atoms with Crippen LogP contribution in [-0.2, 0) is 12.7 Å². The average Bonchev–Trinajstić information content (AvgIpc) is 3.18. The van der Waals surface area contributed by atoms with Gasteiger partial charge in [0, 0.05) is 31.5 Å². The molecular formula is C15H14F3N5. The lowest BCUT2D eigenvalue weighted by Gasteiger charge is -2.27. The minimum atomic E-state index is -4.53. The maximum Gasteiger partial charge on any atom is 0.433 e. The van der Waals surface area contributed by atoms with Gasteiger partial charge in [0.1, 0.15) is 17.6 Å². The Hall–Kier alpha value is -2.56. The molecule has 5 nitrogen and oxygen atoms in total. The summed E-state index contributed by atoms with van der Waals surface area (Å²) in [5, 5.41) is 9.20. The van der Waals surface area contributed by atoms with Gasteiger partial charge in [0.15, 0.2) is 0 Å². The summed E-state index contributed by atoms with van der Waals surface area (Å²) in [6, 6.07) is 3.98. The topological polar surface area (TPSA) is 57.7 Å². The number of aromatic nitrogens is 3. The lowest BCUT2D eigenvalue weighted by atomic mass is 10.2. The van der Waals surface area contributed by atoms with Gasteiger partial charge in [0.2, 0.25) is 0 Å². The van der Waals surface area contributed by atoms with Crippen molar-refractivity contribution in [2.45, 2.75) is 31.6 Å². The largest absolute Gasteiger partial charge is 0.433 e. The van der Waals surface area contributed by atoms with E-state index in [0.717, 1.165) is 18.9 Å². The SMILES string of the molecule is N#Cc1ccc(C(F)(F)F)nc1N1CCCC1Cn1ccnc1. The Bertz CT molecular complexity index is 718. The van der Waals surface area contributed by atoms with Gasteiger partial charge >= 0.3 is 6.18 Å². The molecule has 3 heterocycles. The van der Waals surface area contributed by atoms with Crippen molar-refractivity contribution in [2.75, 3.05) is 11.4 Å². The number of halogens is 3. The average molecular weight is 321 g/mol. The van der Waals surface area contributed by atoms with E-state index in [1.165, 1.54) is 6.07 Å². The van der Waals surface area contributed by atoms with Crippen molar-refractivity contribution >= 4 is 5.82 Å². The summed E-state index contributed by atoms with van der Waals surface area (Å²) in [7, 11) is 0. The number of nitrogens with zero attached hydrogens (tertiary/aromatic N) is 5. The predicted octanol–water partition coefficient (Wildman–Crippen LogP) is 2.84. The van der Waals surface area contributed by atoms with E-state index in [1.807, 2.05) is 10.6 Å². The smallest absolute Gasteiger partial charge is 0.351 e. The Kier molecular flexibility index (Phi) is 3.94. The lowest BCUT2D eigenvalue weighted by molar-refractivity contribution is -0.141. The van der Waals surface area contributed by atoms with E-state index >= 15 is 0 Å². The molecule has 2 aromatic rings. The zero-order chi connectivity index (χ0) is 16.4. The molecule has 1 fully saturated rings. The molecule has 0 radical (unpaired) electrons. The number of imidazole rings is 1. The summed E-state index contributed by atoms with van der Waals surface area (Å²) in [4.78, 5) is 9.50. The van der Waals surface area contributed by atoms with Gasteiger partial charge in [0.25, 0.3) is 0 Å². The van der Waals surface area contributed by atoms with E-state index in [9.17, 15) is 18.4 Å². The van der Waals surface area contributed by atoms with Gasteiger partial charge < -0.3 is 9.47 Å². The molecule has 2 aromatic heterocycles. The van der Waals surface area contributed by atoms with Crippen molar-refractivity contribution in [3.05, 3.63) is 42.1 Å². The van der Waals surface area contributed by atoms with Crippen molar-refractivity contribution in [3.8, 4) is 6.07 Å². The third kappa shape index (κ3) is 3.13. The van der Waals surface area contributed by atoms with E-state index in [-0.39, 0.29) is 17.4 Å². The van der Waals surface area contributed by atoms with Gasteiger partial charge in [-0.25, -0.2) is 9.97 Å². The standard InChI is InChI=1S/C15H14F3N5/c16-15(17,18)13-4-3-11(8-19)14(21-13)23-6-1-2-12(23)9-22-7-5-20-10-22/h3-5,7,10,12H,1-2,6,9H2. The fourth-order valence-corrected chi connectivity index (χ4v) is 2.85. The van der Waals surface area contributed by atoms with Crippen LogP contribution < -0.4 is 4.90 Å². The fraction of sp³-hybridized carbons (Fsp3) is 0.400. The number of rotatable bonds is 3. The Labute approximate surface area is 131 Å². The van der Waals surface area contributed by atoms with Crippen LogP contribution in [0.15, 0.2) is 30.9 Å². The summed E-state index contributed by atoms with van der Waals surface area (Å²) in [5.41, 5.74) is -0.810. The highest BCUT2D eigenvalue weighted by Gasteiger charge is 2.35. The first-order chi connectivity index (χ1) is 11.0. The second-order valence-electron chi connectivity index (χ2n) is 5.43. The van der Waals surface area contributed by atoms with E-state index in [0.29, 0.717) is 13.1 Å². The number of anilines is 1. The molecule has 120 valence electrons. The van der Waals surface area contributed by atoms with E-state index in [1.54, 1.807) is 23.6 Å². The van der Waals surface area contributed by atoms with E-state index in [2.05, 4.69) is 9.97 Å². The highest BCUT2D eigenvalue weighted by molar-refractivity contribution is 5.56. The summed E-state index contributed by atoms with van der Waals surface area (Å²) in [5.74, 6) is 0.116. The van der Waals surface area contributed by atoms with E-state index in [4.69, 9.17) is 0 Å². The molecule has 0 spiro atoms. The molecule has 0 bridgehead atoms. The van der Waals surface area contributed by atoms with Gasteiger partial charge in [-0.1, -0.05) is 0 Å². The van der Waals surface area contributed by atoms with Crippen LogP contribution in [0.25, 0.3) is 0 Å². The molecule has 8 heteroatoms. The molecule has 0 amide bonds. The number of alkyl halides is 3. The van der Waals surface area contributed by atoms with Gasteiger partial charge in [-0.15, -0.1) is 0 Å². The molecule has 0 aliphatic carbocycles. The van der Waals surface area contributed by atoms with Crippen LogP contribution in [-0.4, -0.2) is 27.1 Å². The molecule has 1 atom stereocenters. The van der Waals surface area contributed by atoms with Crippen molar-refractivity contribution in [1.82, 2.24) is 14.5 Å². The zero-order valence-corrected chi connectivity index (χ0v) is 12.2. The van der Waals surface area contributed by atoms with Crippen LogP contribution in [0.4, 0.5) is 19.0 Å². The first kappa shape index (κ1) is 15.3. The highest BCUT2D eigenvalue weighted by Crippen LogP contribution is 2.33. The highest BCUT2D eigenvalue weighted by atomic mass is 19.4. The molecule has 1 aliphatic heterocycles. The van der Waals surface area contributed by atoms with Crippen molar-refractivity contribution < 1.29 is 13.2 Å². The molecule has 0 N–H and O–H groups in total. The number of nitriles is 1. The summed E-state index contributed by atoms with van der Waals surface area (Å²) in [6.07, 6.45) is 2.29. The van der Waals surface area contributed by atoms with Crippen molar-refractivity contribution in [2.24, 2.45) is 0 Å². The minimum absolute atomic E-state index is 0.00714. The summed E-state index contributed by atoms with van der Waals surface area (Å²) < 4.78 is 40.6. The van der Waals surface area contributed by atoms with Gasteiger partial charge in [0.05, 0.1) is 11.9 Å². The Morgan fingerprint density at radius 3 is 2.83 bits per heavy atom. The maximum atomic E-state index is 12.9. The van der Waals surface area contributed by atoms with Gasteiger partial charge in [-0.2, -0.15) is 18.4 Å². The zero-order valence-electron chi connectivity index (χ0n) is 12.2. The predicted molar refractivity (Wildman–Crippen MR) is 76.5 cm³/mol. The molecule has 0 aromatic carbocycles. The second-order valence-corrected chi connectivity index (χ2v) is 5.43. The molecule has 3 rings (SSSR count). The lowest BCUT2D eigenvalue weighted by Crippen LogP contribution is -2.34.